The Morgan fingerprint density at radius 1 is 1.40 bits per heavy atom. The van der Waals surface area contributed by atoms with Crippen molar-refractivity contribution < 1.29 is 9.53 Å². The summed E-state index contributed by atoms with van der Waals surface area (Å²) in [6.07, 6.45) is 0. The summed E-state index contributed by atoms with van der Waals surface area (Å²) in [6.45, 7) is 6.82. The van der Waals surface area contributed by atoms with Gasteiger partial charge in [-0.05, 0) is 34.0 Å². The molecule has 8 heteroatoms. The second-order valence-corrected chi connectivity index (χ2v) is 7.34. The van der Waals surface area contributed by atoms with Gasteiger partial charge in [-0.1, -0.05) is 31.5 Å². The minimum atomic E-state index is -0.285. The number of hydrogen-bond donors (Lipinski definition) is 2. The number of anilines is 2. The lowest BCUT2D eigenvalue weighted by Crippen LogP contribution is -2.37. The van der Waals surface area contributed by atoms with Gasteiger partial charge in [0.2, 0.25) is 0 Å². The Labute approximate surface area is 160 Å². The van der Waals surface area contributed by atoms with Gasteiger partial charge < -0.3 is 15.0 Å². The molecule has 0 aliphatic carbocycles. The maximum atomic E-state index is 12.7. The van der Waals surface area contributed by atoms with E-state index >= 15 is 0 Å². The van der Waals surface area contributed by atoms with Crippen LogP contribution in [0.4, 0.5) is 11.4 Å². The van der Waals surface area contributed by atoms with Crippen LogP contribution in [-0.4, -0.2) is 42.4 Å². The third-order valence-electron chi connectivity index (χ3n) is 4.09. The summed E-state index contributed by atoms with van der Waals surface area (Å²) < 4.78 is 6.09. The number of amides is 1. The summed E-state index contributed by atoms with van der Waals surface area (Å²) in [5.41, 5.74) is 2.71. The first-order valence-electron chi connectivity index (χ1n) is 8.15. The summed E-state index contributed by atoms with van der Waals surface area (Å²) in [6, 6.07) is 5.49. The SMILES string of the molecule is CC(C)c1[nH]nc(C(=O)Nc2cccc(Cl)c2N2CCOCC2)c1Br. The fraction of sp³-hybridized carbons (Fsp3) is 0.412. The fourth-order valence-electron chi connectivity index (χ4n) is 2.78. The molecular weight excluding hydrogens is 408 g/mol. The Balaban J connectivity index is 1.88. The smallest absolute Gasteiger partial charge is 0.277 e. The first kappa shape index (κ1) is 18.2. The van der Waals surface area contributed by atoms with Gasteiger partial charge in [-0.2, -0.15) is 5.10 Å². The Morgan fingerprint density at radius 2 is 2.12 bits per heavy atom. The van der Waals surface area contributed by atoms with Gasteiger partial charge in [0.25, 0.3) is 5.91 Å². The van der Waals surface area contributed by atoms with Crippen molar-refractivity contribution in [3.05, 3.63) is 39.1 Å². The maximum absolute atomic E-state index is 12.7. The molecule has 1 saturated heterocycles. The standard InChI is InChI=1S/C17H20BrClN4O2/c1-10(2)14-13(18)15(22-21-14)17(24)20-12-5-3-4-11(19)16(12)23-6-8-25-9-7-23/h3-5,10H,6-9H2,1-2H3,(H,20,24)(H,21,22). The van der Waals surface area contributed by atoms with Crippen LogP contribution < -0.4 is 10.2 Å². The van der Waals surface area contributed by atoms with Crippen LogP contribution in [-0.2, 0) is 4.74 Å². The van der Waals surface area contributed by atoms with Gasteiger partial charge >= 0.3 is 0 Å². The highest BCUT2D eigenvalue weighted by Crippen LogP contribution is 2.35. The van der Waals surface area contributed by atoms with Gasteiger partial charge in [0.15, 0.2) is 5.69 Å². The van der Waals surface area contributed by atoms with Crippen LogP contribution in [0.1, 0.15) is 35.9 Å². The third kappa shape index (κ3) is 3.83. The molecular formula is C17H20BrClN4O2. The van der Waals surface area contributed by atoms with Crippen molar-refractivity contribution in [1.82, 2.24) is 10.2 Å². The van der Waals surface area contributed by atoms with Crippen LogP contribution >= 0.6 is 27.5 Å². The topological polar surface area (TPSA) is 70.2 Å². The average molecular weight is 428 g/mol. The van der Waals surface area contributed by atoms with E-state index in [0.29, 0.717) is 34.1 Å². The maximum Gasteiger partial charge on any atom is 0.277 e. The molecule has 25 heavy (non-hydrogen) atoms. The molecule has 0 unspecified atom stereocenters. The van der Waals surface area contributed by atoms with Crippen molar-refractivity contribution in [1.29, 1.82) is 0 Å². The average Bonchev–Trinajstić information content (AvgIpc) is 2.97. The third-order valence-corrected chi connectivity index (χ3v) is 5.19. The van der Waals surface area contributed by atoms with Crippen LogP contribution in [0.15, 0.2) is 22.7 Å². The molecule has 1 aromatic heterocycles. The molecule has 0 bridgehead atoms. The van der Waals surface area contributed by atoms with Crippen LogP contribution in [0.2, 0.25) is 5.02 Å². The van der Waals surface area contributed by atoms with Crippen molar-refractivity contribution in [3.63, 3.8) is 0 Å². The predicted molar refractivity (Wildman–Crippen MR) is 103 cm³/mol. The number of ether oxygens (including phenoxy) is 1. The molecule has 2 heterocycles. The molecule has 134 valence electrons. The van der Waals surface area contributed by atoms with Crippen molar-refractivity contribution >= 4 is 44.8 Å². The zero-order valence-electron chi connectivity index (χ0n) is 14.1. The Kier molecular flexibility index (Phi) is 5.66. The fourth-order valence-corrected chi connectivity index (χ4v) is 3.89. The number of halogens is 2. The van der Waals surface area contributed by atoms with E-state index in [1.807, 2.05) is 32.0 Å². The summed E-state index contributed by atoms with van der Waals surface area (Å²) in [7, 11) is 0. The van der Waals surface area contributed by atoms with Gasteiger partial charge in [0.05, 0.1) is 39.8 Å². The molecule has 0 radical (unpaired) electrons. The minimum Gasteiger partial charge on any atom is -0.378 e. The monoisotopic (exact) mass is 426 g/mol. The zero-order chi connectivity index (χ0) is 18.0. The van der Waals surface area contributed by atoms with E-state index in [4.69, 9.17) is 16.3 Å². The number of carbonyl (C=O) groups excluding carboxylic acids is 1. The molecule has 2 aromatic rings. The first-order chi connectivity index (χ1) is 12.0. The van der Waals surface area contributed by atoms with Crippen molar-refractivity contribution in [2.45, 2.75) is 19.8 Å². The normalized spacial score (nSPS) is 14.8. The molecule has 1 aromatic carbocycles. The number of morpholine rings is 1. The number of aromatic nitrogens is 2. The van der Waals surface area contributed by atoms with Gasteiger partial charge in [-0.3, -0.25) is 9.89 Å². The summed E-state index contributed by atoms with van der Waals surface area (Å²) in [5, 5.41) is 10.6. The van der Waals surface area contributed by atoms with Gasteiger partial charge in [-0.15, -0.1) is 0 Å². The van der Waals surface area contributed by atoms with E-state index in [9.17, 15) is 4.79 Å². The Hall–Kier alpha value is -1.57. The number of carbonyl (C=O) groups is 1. The van der Waals surface area contributed by atoms with Gasteiger partial charge in [0.1, 0.15) is 0 Å². The molecule has 1 aliphatic rings. The molecule has 2 N–H and O–H groups in total. The number of nitrogens with one attached hydrogen (secondary N) is 2. The molecule has 1 amide bonds. The van der Waals surface area contributed by atoms with Crippen LogP contribution in [0.25, 0.3) is 0 Å². The Morgan fingerprint density at radius 3 is 2.76 bits per heavy atom. The van der Waals surface area contributed by atoms with E-state index in [0.717, 1.165) is 24.5 Å². The highest BCUT2D eigenvalue weighted by atomic mass is 79.9. The highest BCUT2D eigenvalue weighted by molar-refractivity contribution is 9.10. The number of para-hydroxylation sites is 1. The van der Waals surface area contributed by atoms with Crippen LogP contribution in [0.3, 0.4) is 0 Å². The number of hydrogen-bond acceptors (Lipinski definition) is 4. The molecule has 0 spiro atoms. The Bertz CT molecular complexity index is 772. The lowest BCUT2D eigenvalue weighted by Gasteiger charge is -2.31. The quantitative estimate of drug-likeness (QED) is 0.772. The molecule has 0 atom stereocenters. The second-order valence-electron chi connectivity index (χ2n) is 6.14. The highest BCUT2D eigenvalue weighted by Gasteiger charge is 2.23. The number of rotatable bonds is 4. The molecule has 6 nitrogen and oxygen atoms in total. The van der Waals surface area contributed by atoms with Gasteiger partial charge in [0, 0.05) is 13.1 Å². The number of benzene rings is 1. The van der Waals surface area contributed by atoms with Crippen LogP contribution in [0.5, 0.6) is 0 Å². The largest absolute Gasteiger partial charge is 0.378 e. The summed E-state index contributed by atoms with van der Waals surface area (Å²) >= 11 is 9.87. The molecule has 0 saturated carbocycles. The van der Waals surface area contributed by atoms with E-state index in [1.165, 1.54) is 0 Å². The minimum absolute atomic E-state index is 0.235. The van der Waals surface area contributed by atoms with Crippen LogP contribution in [0, 0.1) is 0 Å². The zero-order valence-corrected chi connectivity index (χ0v) is 16.4. The number of nitrogens with zero attached hydrogens (tertiary/aromatic N) is 2. The summed E-state index contributed by atoms with van der Waals surface area (Å²) in [4.78, 5) is 14.8. The van der Waals surface area contributed by atoms with Crippen molar-refractivity contribution in [2.24, 2.45) is 0 Å². The lowest BCUT2D eigenvalue weighted by atomic mass is 10.1. The number of H-pyrrole nitrogens is 1. The second kappa shape index (κ2) is 7.76. The first-order valence-corrected chi connectivity index (χ1v) is 9.32. The molecule has 1 aliphatic heterocycles. The van der Waals surface area contributed by atoms with Crippen molar-refractivity contribution in [2.75, 3.05) is 36.5 Å². The molecule has 3 rings (SSSR count). The number of aromatic amines is 1. The van der Waals surface area contributed by atoms with E-state index in [2.05, 4.69) is 36.3 Å². The van der Waals surface area contributed by atoms with Crippen molar-refractivity contribution in [3.8, 4) is 0 Å². The molecule has 1 fully saturated rings. The lowest BCUT2D eigenvalue weighted by molar-refractivity contribution is 0.102. The van der Waals surface area contributed by atoms with E-state index < -0.39 is 0 Å². The van der Waals surface area contributed by atoms with E-state index in [1.54, 1.807) is 0 Å². The van der Waals surface area contributed by atoms with E-state index in [-0.39, 0.29) is 11.8 Å². The van der Waals surface area contributed by atoms with Gasteiger partial charge in [-0.25, -0.2) is 0 Å². The summed E-state index contributed by atoms with van der Waals surface area (Å²) in [5.74, 6) is -0.0506. The predicted octanol–water partition coefficient (Wildman–Crippen LogP) is 4.04.